The number of ether oxygens (including phenoxy) is 1. The van der Waals surface area contributed by atoms with Crippen LogP contribution in [0.25, 0.3) is 0 Å². The number of aromatic nitrogens is 2. The Balaban J connectivity index is 1.66. The van der Waals surface area contributed by atoms with Crippen molar-refractivity contribution in [1.82, 2.24) is 9.97 Å². The van der Waals surface area contributed by atoms with Gasteiger partial charge in [-0.3, -0.25) is 0 Å². The number of aryl methyl sites for hydroxylation is 1. The van der Waals surface area contributed by atoms with Crippen LogP contribution in [0.15, 0.2) is 6.07 Å². The van der Waals surface area contributed by atoms with E-state index in [2.05, 4.69) is 20.2 Å². The molecule has 2 saturated heterocycles. The Morgan fingerprint density at radius 3 is 2.89 bits per heavy atom. The summed E-state index contributed by atoms with van der Waals surface area (Å²) in [6.45, 7) is 5.92. The van der Waals surface area contributed by atoms with Gasteiger partial charge in [0.05, 0.1) is 6.10 Å². The van der Waals surface area contributed by atoms with Crippen LogP contribution in [0.1, 0.15) is 31.4 Å². The van der Waals surface area contributed by atoms with Crippen molar-refractivity contribution in [2.75, 3.05) is 36.5 Å². The van der Waals surface area contributed by atoms with Crippen LogP contribution < -0.4 is 10.2 Å². The molecular weight excluding hydrogens is 240 g/mol. The fourth-order valence-corrected chi connectivity index (χ4v) is 2.73. The number of rotatable bonds is 4. The molecule has 2 aliphatic heterocycles. The highest BCUT2D eigenvalue weighted by Gasteiger charge is 2.17. The molecule has 1 atom stereocenters. The van der Waals surface area contributed by atoms with Crippen molar-refractivity contribution in [3.63, 3.8) is 0 Å². The highest BCUT2D eigenvalue weighted by molar-refractivity contribution is 5.44. The molecule has 5 nitrogen and oxygen atoms in total. The number of nitrogens with one attached hydrogen (secondary N) is 1. The summed E-state index contributed by atoms with van der Waals surface area (Å²) in [4.78, 5) is 11.4. The van der Waals surface area contributed by atoms with Crippen LogP contribution in [0.5, 0.6) is 0 Å². The van der Waals surface area contributed by atoms with Crippen molar-refractivity contribution in [2.24, 2.45) is 0 Å². The van der Waals surface area contributed by atoms with Crippen LogP contribution in [0.2, 0.25) is 0 Å². The lowest BCUT2D eigenvalue weighted by Crippen LogP contribution is -2.23. The number of hydrogen-bond donors (Lipinski definition) is 1. The molecule has 5 heteroatoms. The van der Waals surface area contributed by atoms with E-state index in [9.17, 15) is 0 Å². The topological polar surface area (TPSA) is 50.3 Å². The molecule has 2 fully saturated rings. The first-order valence-corrected chi connectivity index (χ1v) is 7.27. The van der Waals surface area contributed by atoms with Gasteiger partial charge in [-0.05, 0) is 32.6 Å². The highest BCUT2D eigenvalue weighted by atomic mass is 16.5. The lowest BCUT2D eigenvalue weighted by atomic mass is 10.2. The minimum absolute atomic E-state index is 0.338. The van der Waals surface area contributed by atoms with Gasteiger partial charge in [0.15, 0.2) is 0 Å². The van der Waals surface area contributed by atoms with Crippen LogP contribution in [-0.4, -0.2) is 42.3 Å². The van der Waals surface area contributed by atoms with E-state index < -0.39 is 0 Å². The van der Waals surface area contributed by atoms with Crippen molar-refractivity contribution < 1.29 is 4.74 Å². The standard InChI is InChI=1S/C14H22N4O/c1-11-9-13(15-10-12-5-4-8-19-12)17-14(16-11)18-6-2-3-7-18/h9,12H,2-8,10H2,1H3,(H,15,16,17). The molecule has 104 valence electrons. The summed E-state index contributed by atoms with van der Waals surface area (Å²) in [6, 6.07) is 2.01. The molecule has 0 radical (unpaired) electrons. The monoisotopic (exact) mass is 262 g/mol. The van der Waals surface area contributed by atoms with Gasteiger partial charge in [-0.25, -0.2) is 4.98 Å². The van der Waals surface area contributed by atoms with E-state index in [0.29, 0.717) is 6.10 Å². The average molecular weight is 262 g/mol. The van der Waals surface area contributed by atoms with E-state index in [0.717, 1.165) is 50.1 Å². The van der Waals surface area contributed by atoms with E-state index in [-0.39, 0.29) is 0 Å². The molecule has 0 amide bonds. The molecule has 0 aromatic carbocycles. The van der Waals surface area contributed by atoms with Gasteiger partial charge in [0, 0.05) is 38.0 Å². The predicted octanol–water partition coefficient (Wildman–Crippen LogP) is 1.98. The summed E-state index contributed by atoms with van der Waals surface area (Å²) in [5.74, 6) is 1.79. The van der Waals surface area contributed by atoms with Crippen molar-refractivity contribution >= 4 is 11.8 Å². The number of nitrogens with zero attached hydrogens (tertiary/aromatic N) is 3. The fraction of sp³-hybridized carbons (Fsp3) is 0.714. The molecule has 1 unspecified atom stereocenters. The number of hydrogen-bond acceptors (Lipinski definition) is 5. The van der Waals surface area contributed by atoms with Crippen LogP contribution in [-0.2, 0) is 4.74 Å². The van der Waals surface area contributed by atoms with Gasteiger partial charge in [0.25, 0.3) is 0 Å². The molecule has 3 rings (SSSR count). The maximum absolute atomic E-state index is 5.62. The van der Waals surface area contributed by atoms with Gasteiger partial charge in [-0.15, -0.1) is 0 Å². The second-order valence-electron chi connectivity index (χ2n) is 5.40. The minimum atomic E-state index is 0.338. The number of anilines is 2. The van der Waals surface area contributed by atoms with Gasteiger partial charge in [0.1, 0.15) is 5.82 Å². The third-order valence-electron chi connectivity index (χ3n) is 3.77. The van der Waals surface area contributed by atoms with Gasteiger partial charge in [-0.2, -0.15) is 4.98 Å². The van der Waals surface area contributed by atoms with Crippen LogP contribution >= 0.6 is 0 Å². The third-order valence-corrected chi connectivity index (χ3v) is 3.77. The smallest absolute Gasteiger partial charge is 0.227 e. The Bertz CT molecular complexity index is 425. The summed E-state index contributed by atoms with van der Waals surface area (Å²) < 4.78 is 5.62. The van der Waals surface area contributed by atoms with E-state index in [1.54, 1.807) is 0 Å². The first-order valence-electron chi connectivity index (χ1n) is 7.27. The highest BCUT2D eigenvalue weighted by Crippen LogP contribution is 2.19. The molecule has 1 aromatic rings. The Morgan fingerprint density at radius 2 is 2.16 bits per heavy atom. The zero-order valence-corrected chi connectivity index (χ0v) is 11.6. The second-order valence-corrected chi connectivity index (χ2v) is 5.40. The minimum Gasteiger partial charge on any atom is -0.376 e. The van der Waals surface area contributed by atoms with Gasteiger partial charge >= 0.3 is 0 Å². The van der Waals surface area contributed by atoms with Crippen molar-refractivity contribution in [2.45, 2.75) is 38.7 Å². The average Bonchev–Trinajstić information content (AvgIpc) is 3.09. The maximum atomic E-state index is 5.62. The molecule has 19 heavy (non-hydrogen) atoms. The SMILES string of the molecule is Cc1cc(NCC2CCCO2)nc(N2CCCC2)n1. The molecule has 3 heterocycles. The Hall–Kier alpha value is -1.36. The molecule has 0 spiro atoms. The van der Waals surface area contributed by atoms with E-state index in [1.165, 1.54) is 19.3 Å². The maximum Gasteiger partial charge on any atom is 0.227 e. The summed E-state index contributed by atoms with van der Waals surface area (Å²) in [5.41, 5.74) is 1.02. The van der Waals surface area contributed by atoms with Gasteiger partial charge in [-0.1, -0.05) is 0 Å². The van der Waals surface area contributed by atoms with Crippen LogP contribution in [0.3, 0.4) is 0 Å². The van der Waals surface area contributed by atoms with Crippen LogP contribution in [0, 0.1) is 6.92 Å². The summed E-state index contributed by atoms with van der Waals surface area (Å²) >= 11 is 0. The summed E-state index contributed by atoms with van der Waals surface area (Å²) in [7, 11) is 0. The summed E-state index contributed by atoms with van der Waals surface area (Å²) in [6.07, 6.45) is 5.15. The Labute approximate surface area is 114 Å². The first-order chi connectivity index (χ1) is 9.31. The van der Waals surface area contributed by atoms with Gasteiger partial charge < -0.3 is 15.0 Å². The predicted molar refractivity (Wildman–Crippen MR) is 75.7 cm³/mol. The van der Waals surface area contributed by atoms with E-state index in [4.69, 9.17) is 4.74 Å². The zero-order valence-electron chi connectivity index (χ0n) is 11.6. The molecule has 0 saturated carbocycles. The Morgan fingerprint density at radius 1 is 1.32 bits per heavy atom. The lowest BCUT2D eigenvalue weighted by Gasteiger charge is -2.17. The molecule has 0 aliphatic carbocycles. The van der Waals surface area contributed by atoms with Crippen molar-refractivity contribution in [3.05, 3.63) is 11.8 Å². The van der Waals surface area contributed by atoms with Crippen LogP contribution in [0.4, 0.5) is 11.8 Å². The molecular formula is C14H22N4O. The van der Waals surface area contributed by atoms with Crippen molar-refractivity contribution in [3.8, 4) is 0 Å². The quantitative estimate of drug-likeness (QED) is 0.899. The Kier molecular flexibility index (Phi) is 3.82. The lowest BCUT2D eigenvalue weighted by molar-refractivity contribution is 0.120. The van der Waals surface area contributed by atoms with E-state index in [1.807, 2.05) is 13.0 Å². The fourth-order valence-electron chi connectivity index (χ4n) is 2.73. The van der Waals surface area contributed by atoms with E-state index >= 15 is 0 Å². The van der Waals surface area contributed by atoms with Crippen molar-refractivity contribution in [1.29, 1.82) is 0 Å². The summed E-state index contributed by atoms with van der Waals surface area (Å²) in [5, 5.41) is 3.39. The first kappa shape index (κ1) is 12.7. The van der Waals surface area contributed by atoms with Gasteiger partial charge in [0.2, 0.25) is 5.95 Å². The molecule has 2 aliphatic rings. The second kappa shape index (κ2) is 5.74. The molecule has 1 aromatic heterocycles. The largest absolute Gasteiger partial charge is 0.376 e. The molecule has 0 bridgehead atoms. The zero-order chi connectivity index (χ0) is 13.1. The normalized spacial score (nSPS) is 23.0. The third kappa shape index (κ3) is 3.15. The molecule has 1 N–H and O–H groups in total.